The first kappa shape index (κ1) is 39.8. The van der Waals surface area contributed by atoms with Crippen LogP contribution in [0.15, 0.2) is 253 Å². The molecule has 5 heteroatoms. The van der Waals surface area contributed by atoms with Crippen molar-refractivity contribution in [2.24, 2.45) is 4.99 Å². The predicted octanol–water partition coefficient (Wildman–Crippen LogP) is 14.2. The summed E-state index contributed by atoms with van der Waals surface area (Å²) in [5.41, 5.74) is 24.7. The summed E-state index contributed by atoms with van der Waals surface area (Å²) >= 11 is 0. The Labute approximate surface area is 397 Å². The van der Waals surface area contributed by atoms with Crippen LogP contribution in [0.25, 0.3) is 39.0 Å². The number of fused-ring (bicyclic) bond motifs is 8. The van der Waals surface area contributed by atoms with Gasteiger partial charge in [-0.2, -0.15) is 0 Å². The molecule has 2 N–H and O–H groups in total. The van der Waals surface area contributed by atoms with Gasteiger partial charge in [0.1, 0.15) is 12.0 Å². The smallest absolute Gasteiger partial charge is 0.147 e. The Hall–Kier alpha value is -8.51. The minimum absolute atomic E-state index is 0.0563. The Morgan fingerprint density at radius 1 is 0.515 bits per heavy atom. The van der Waals surface area contributed by atoms with Gasteiger partial charge in [0.2, 0.25) is 0 Å². The van der Waals surface area contributed by atoms with E-state index < -0.39 is 5.41 Å². The second kappa shape index (κ2) is 16.4. The van der Waals surface area contributed by atoms with Gasteiger partial charge in [0, 0.05) is 29.1 Å². The van der Waals surface area contributed by atoms with E-state index in [4.69, 9.17) is 4.99 Å². The van der Waals surface area contributed by atoms with Crippen LogP contribution in [0.3, 0.4) is 0 Å². The quantitative estimate of drug-likeness (QED) is 0.0907. The molecule has 1 aliphatic carbocycles. The van der Waals surface area contributed by atoms with E-state index in [0.717, 1.165) is 40.3 Å². The number of aliphatic imine (C=N–C) groups is 1. The first-order valence-corrected chi connectivity index (χ1v) is 23.6. The molecular weight excluding hydrogens is 827 g/mol. The Kier molecular flexibility index (Phi) is 9.62. The lowest BCUT2D eigenvalue weighted by Gasteiger charge is -2.46. The second-order valence-corrected chi connectivity index (χ2v) is 18.0. The van der Waals surface area contributed by atoms with E-state index in [2.05, 4.69) is 263 Å². The van der Waals surface area contributed by atoms with Crippen LogP contribution in [0.4, 0.5) is 17.1 Å². The Balaban J connectivity index is 0.882. The minimum atomic E-state index is -0.542. The van der Waals surface area contributed by atoms with Gasteiger partial charge < -0.3 is 10.2 Å². The fourth-order valence-corrected chi connectivity index (χ4v) is 10.9. The summed E-state index contributed by atoms with van der Waals surface area (Å²) in [6.45, 7) is 1.34. The molecule has 5 nitrogen and oxygen atoms in total. The van der Waals surface area contributed by atoms with Crippen LogP contribution in [0.2, 0.25) is 0 Å². The molecule has 3 aliphatic heterocycles. The summed E-state index contributed by atoms with van der Waals surface area (Å²) in [5, 5.41) is 6.13. The zero-order valence-electron chi connectivity index (χ0n) is 37.4. The van der Waals surface area contributed by atoms with Crippen LogP contribution in [-0.4, -0.2) is 17.4 Å². The lowest BCUT2D eigenvalue weighted by Crippen LogP contribution is -2.41. The molecule has 9 aromatic rings. The van der Waals surface area contributed by atoms with Gasteiger partial charge in [-0.25, -0.2) is 5.43 Å². The van der Waals surface area contributed by atoms with Crippen molar-refractivity contribution in [3.8, 4) is 33.4 Å². The maximum absolute atomic E-state index is 5.33. The van der Waals surface area contributed by atoms with Gasteiger partial charge in [-0.05, 0) is 109 Å². The number of allylic oxidation sites excluding steroid dienone is 3. The van der Waals surface area contributed by atoms with E-state index in [1.165, 1.54) is 72.7 Å². The van der Waals surface area contributed by atoms with Gasteiger partial charge in [0.15, 0.2) is 0 Å². The molecule has 3 heterocycles. The van der Waals surface area contributed by atoms with Crippen LogP contribution in [0.5, 0.6) is 0 Å². The number of hydrogen-bond donors (Lipinski definition) is 2. The van der Waals surface area contributed by atoms with Gasteiger partial charge in [-0.1, -0.05) is 200 Å². The molecule has 1 spiro atoms. The maximum atomic E-state index is 5.33. The van der Waals surface area contributed by atoms with Gasteiger partial charge in [0.25, 0.3) is 0 Å². The average Bonchev–Trinajstić information content (AvgIpc) is 4.16. The van der Waals surface area contributed by atoms with Crippen molar-refractivity contribution in [3.63, 3.8) is 0 Å². The molecule has 1 saturated heterocycles. The zero-order chi connectivity index (χ0) is 45.0. The first-order chi connectivity index (χ1) is 33.7. The number of hydrazine groups is 1. The number of rotatable bonds is 8. The number of anilines is 3. The van der Waals surface area contributed by atoms with Gasteiger partial charge in [-0.15, -0.1) is 0 Å². The number of benzene rings is 9. The molecule has 9 aromatic carbocycles. The summed E-state index contributed by atoms with van der Waals surface area (Å²) < 4.78 is 0. The molecule has 4 aliphatic rings. The van der Waals surface area contributed by atoms with E-state index in [1.54, 1.807) is 0 Å². The van der Waals surface area contributed by atoms with Crippen molar-refractivity contribution in [1.29, 1.82) is 0 Å². The minimum Gasteiger partial charge on any atom is -0.383 e. The highest BCUT2D eigenvalue weighted by molar-refractivity contribution is 6.01. The van der Waals surface area contributed by atoms with E-state index >= 15 is 0 Å². The van der Waals surface area contributed by atoms with Gasteiger partial charge in [-0.3, -0.25) is 10.0 Å². The lowest BCUT2D eigenvalue weighted by molar-refractivity contribution is 0.659. The van der Waals surface area contributed by atoms with Gasteiger partial charge in [0.05, 0.1) is 23.3 Å². The normalized spacial score (nSPS) is 16.2. The molecule has 0 bridgehead atoms. The third-order valence-electron chi connectivity index (χ3n) is 14.1. The van der Waals surface area contributed by atoms with Crippen molar-refractivity contribution in [2.75, 3.05) is 11.4 Å². The van der Waals surface area contributed by atoms with Crippen molar-refractivity contribution >= 4 is 28.5 Å². The topological polar surface area (TPSA) is 52.6 Å². The van der Waals surface area contributed by atoms with E-state index in [9.17, 15) is 0 Å². The van der Waals surface area contributed by atoms with Crippen LogP contribution >= 0.6 is 0 Å². The third-order valence-corrected chi connectivity index (χ3v) is 14.1. The summed E-state index contributed by atoms with van der Waals surface area (Å²) in [4.78, 5) is 7.76. The monoisotopic (exact) mass is 873 g/mol. The molecule has 0 aromatic heterocycles. The first-order valence-electron chi connectivity index (χ1n) is 23.6. The summed E-state index contributed by atoms with van der Waals surface area (Å²) in [7, 11) is 0. The summed E-state index contributed by atoms with van der Waals surface area (Å²) in [6, 6.07) is 83.7. The SMILES string of the molecule is C1=CC2=C(NC1)C1(c3cc(-c4cccc(-c5cccc(C(=NCc6ccc(-c7ccccc7)cc6)N6NC6c6ccccc6)c5)c4)ccc32)c2ccccc2N(c2ccccc2)c2ccccc21. The number of amidine groups is 1. The Morgan fingerprint density at radius 3 is 1.81 bits per heavy atom. The number of nitrogens with zero attached hydrogens (tertiary/aromatic N) is 3. The fraction of sp³-hybridized carbons (Fsp3) is 0.0635. The molecular formula is C63H47N5. The molecule has 1 fully saturated rings. The number of hydrogen-bond acceptors (Lipinski definition) is 4. The predicted molar refractivity (Wildman–Crippen MR) is 279 cm³/mol. The molecule has 68 heavy (non-hydrogen) atoms. The molecule has 0 amide bonds. The van der Waals surface area contributed by atoms with Gasteiger partial charge >= 0.3 is 0 Å². The molecule has 1 atom stereocenters. The largest absolute Gasteiger partial charge is 0.383 e. The molecule has 13 rings (SSSR count). The fourth-order valence-electron chi connectivity index (χ4n) is 10.9. The van der Waals surface area contributed by atoms with Crippen molar-refractivity contribution in [3.05, 3.63) is 287 Å². The van der Waals surface area contributed by atoms with Crippen LogP contribution < -0.4 is 15.6 Å². The Morgan fingerprint density at radius 2 is 1.09 bits per heavy atom. The average molecular weight is 874 g/mol. The summed E-state index contributed by atoms with van der Waals surface area (Å²) in [5.74, 6) is 0.922. The van der Waals surface area contributed by atoms with E-state index in [1.807, 2.05) is 0 Å². The van der Waals surface area contributed by atoms with Crippen LogP contribution in [0.1, 0.15) is 45.1 Å². The van der Waals surface area contributed by atoms with E-state index in [-0.39, 0.29) is 6.17 Å². The maximum Gasteiger partial charge on any atom is 0.147 e. The second-order valence-electron chi connectivity index (χ2n) is 18.0. The zero-order valence-corrected chi connectivity index (χ0v) is 37.4. The molecule has 1 unspecified atom stereocenters. The number of nitrogens with one attached hydrogen (secondary N) is 2. The van der Waals surface area contributed by atoms with Crippen molar-refractivity contribution in [1.82, 2.24) is 15.8 Å². The highest BCUT2D eigenvalue weighted by atomic mass is 15.8. The van der Waals surface area contributed by atoms with Crippen LogP contribution in [-0.2, 0) is 12.0 Å². The highest BCUT2D eigenvalue weighted by Crippen LogP contribution is 2.62. The third kappa shape index (κ3) is 6.62. The lowest BCUT2D eigenvalue weighted by atomic mass is 9.65. The van der Waals surface area contributed by atoms with Crippen molar-refractivity contribution < 1.29 is 0 Å². The number of dihydropyridines is 1. The highest BCUT2D eigenvalue weighted by Gasteiger charge is 2.53. The Bertz CT molecular complexity index is 3420. The van der Waals surface area contributed by atoms with E-state index in [0.29, 0.717) is 6.54 Å². The standard InChI is InChI=1S/C63H47N5/c1-4-17-44(18-5-1)45-34-32-43(33-35-45)42-65-61(68-62(66-68)46-19-6-2-7-20-46)51-24-15-23-49(40-51)47-21-14-22-48(39-47)50-36-37-53-54-27-16-38-64-60(54)63(57(53)41-50)55-28-10-12-30-58(55)67(52-25-8-3-9-26-52)59-31-13-11-29-56(59)63/h1-37,39-41,62,64,66H,38,42H2. The molecule has 0 radical (unpaired) electrons. The van der Waals surface area contributed by atoms with Crippen LogP contribution in [0, 0.1) is 0 Å². The summed E-state index contributed by atoms with van der Waals surface area (Å²) in [6.07, 6.45) is 4.64. The number of para-hydroxylation sites is 3. The molecule has 0 saturated carbocycles. The molecule has 324 valence electrons. The van der Waals surface area contributed by atoms with Crippen molar-refractivity contribution in [2.45, 2.75) is 18.1 Å².